The molecule has 0 fully saturated rings. The van der Waals surface area contributed by atoms with Crippen LogP contribution in [0.3, 0.4) is 0 Å². The zero-order valence-electron chi connectivity index (χ0n) is 13.0. The Labute approximate surface area is 127 Å². The van der Waals surface area contributed by atoms with E-state index < -0.39 is 5.60 Å². The van der Waals surface area contributed by atoms with Crippen LogP contribution in [0.25, 0.3) is 0 Å². The molecule has 2 nitrogen and oxygen atoms in total. The van der Waals surface area contributed by atoms with E-state index >= 15 is 0 Å². The van der Waals surface area contributed by atoms with Crippen molar-refractivity contribution in [3.05, 3.63) is 65.7 Å². The fourth-order valence-electron chi connectivity index (χ4n) is 2.48. The van der Waals surface area contributed by atoms with Crippen molar-refractivity contribution >= 4 is 0 Å². The van der Waals surface area contributed by atoms with Crippen LogP contribution in [0.15, 0.2) is 54.6 Å². The maximum atomic E-state index is 11.0. The average molecular weight is 284 g/mol. The first kappa shape index (κ1) is 15.6. The number of benzene rings is 2. The lowest BCUT2D eigenvalue weighted by molar-refractivity contribution is 0.0327. The van der Waals surface area contributed by atoms with E-state index in [1.54, 1.807) is 0 Å². The molecule has 2 rings (SSSR count). The second-order valence-electron chi connectivity index (χ2n) is 5.74. The Morgan fingerprint density at radius 1 is 1.00 bits per heavy atom. The third kappa shape index (κ3) is 4.08. The van der Waals surface area contributed by atoms with Crippen molar-refractivity contribution in [2.45, 2.75) is 45.3 Å². The van der Waals surface area contributed by atoms with Gasteiger partial charge in [-0.3, -0.25) is 0 Å². The highest BCUT2D eigenvalue weighted by Gasteiger charge is 2.27. The van der Waals surface area contributed by atoms with Crippen LogP contribution in [0.2, 0.25) is 0 Å². The van der Waals surface area contributed by atoms with Gasteiger partial charge in [0.15, 0.2) is 0 Å². The van der Waals surface area contributed by atoms with Gasteiger partial charge in [-0.2, -0.15) is 0 Å². The minimum absolute atomic E-state index is 0.158. The Morgan fingerprint density at radius 2 is 1.62 bits per heavy atom. The Balaban J connectivity index is 2.19. The predicted octanol–water partition coefficient (Wildman–Crippen LogP) is 4.31. The molecule has 0 radical (unpaired) electrons. The molecule has 0 heterocycles. The molecule has 21 heavy (non-hydrogen) atoms. The molecule has 1 unspecified atom stereocenters. The van der Waals surface area contributed by atoms with Gasteiger partial charge < -0.3 is 9.84 Å². The van der Waals surface area contributed by atoms with E-state index in [4.69, 9.17) is 4.74 Å². The van der Waals surface area contributed by atoms with Crippen molar-refractivity contribution in [3.8, 4) is 5.75 Å². The molecule has 0 spiro atoms. The summed E-state index contributed by atoms with van der Waals surface area (Å²) in [6.07, 6.45) is 1.45. The number of aliphatic hydroxyl groups is 1. The Bertz CT molecular complexity index is 546. The van der Waals surface area contributed by atoms with Crippen molar-refractivity contribution in [3.63, 3.8) is 0 Å². The molecule has 2 heteroatoms. The lowest BCUT2D eigenvalue weighted by Crippen LogP contribution is -2.27. The van der Waals surface area contributed by atoms with Gasteiger partial charge in [-0.05, 0) is 43.5 Å². The van der Waals surface area contributed by atoms with Gasteiger partial charge in [-0.1, -0.05) is 49.4 Å². The van der Waals surface area contributed by atoms with Crippen LogP contribution in [-0.2, 0) is 12.0 Å². The lowest BCUT2D eigenvalue weighted by Gasteiger charge is -2.28. The summed E-state index contributed by atoms with van der Waals surface area (Å²) >= 11 is 0. The van der Waals surface area contributed by atoms with Crippen LogP contribution >= 0.6 is 0 Å². The van der Waals surface area contributed by atoms with Gasteiger partial charge in [0, 0.05) is 6.42 Å². The van der Waals surface area contributed by atoms with E-state index in [2.05, 4.69) is 12.1 Å². The first-order valence-corrected chi connectivity index (χ1v) is 7.57. The Hall–Kier alpha value is -1.80. The summed E-state index contributed by atoms with van der Waals surface area (Å²) in [5.41, 5.74) is 1.24. The molecular formula is C19H24O2. The third-order valence-corrected chi connectivity index (χ3v) is 3.69. The summed E-state index contributed by atoms with van der Waals surface area (Å²) in [5.74, 6) is 0.840. The van der Waals surface area contributed by atoms with Crippen molar-refractivity contribution in [2.75, 3.05) is 0 Å². The quantitative estimate of drug-likeness (QED) is 0.856. The molecule has 1 N–H and O–H groups in total. The van der Waals surface area contributed by atoms with Crippen LogP contribution in [-0.4, -0.2) is 11.2 Å². The van der Waals surface area contributed by atoms with Gasteiger partial charge >= 0.3 is 0 Å². The second-order valence-corrected chi connectivity index (χ2v) is 5.74. The van der Waals surface area contributed by atoms with Crippen molar-refractivity contribution in [1.82, 2.24) is 0 Å². The largest absolute Gasteiger partial charge is 0.491 e. The maximum Gasteiger partial charge on any atom is 0.119 e. The molecule has 112 valence electrons. The summed E-state index contributed by atoms with van der Waals surface area (Å²) in [7, 11) is 0. The first-order chi connectivity index (χ1) is 10.0. The summed E-state index contributed by atoms with van der Waals surface area (Å²) in [5, 5.41) is 11.0. The number of ether oxygens (including phenoxy) is 1. The molecule has 0 saturated carbocycles. The minimum atomic E-state index is -0.836. The van der Waals surface area contributed by atoms with Crippen LogP contribution in [0.1, 0.15) is 38.3 Å². The van der Waals surface area contributed by atoms with Crippen LogP contribution in [0.5, 0.6) is 5.75 Å². The number of hydrogen-bond donors (Lipinski definition) is 1. The SMILES string of the molecule is CCC(O)(Cc1ccccc1)c1ccc(OC(C)C)cc1. The molecule has 0 aliphatic rings. The summed E-state index contributed by atoms with van der Waals surface area (Å²) in [6.45, 7) is 6.03. The maximum absolute atomic E-state index is 11.0. The monoisotopic (exact) mass is 284 g/mol. The highest BCUT2D eigenvalue weighted by molar-refractivity contribution is 5.32. The fourth-order valence-corrected chi connectivity index (χ4v) is 2.48. The first-order valence-electron chi connectivity index (χ1n) is 7.57. The number of hydrogen-bond acceptors (Lipinski definition) is 2. The molecule has 0 aliphatic heterocycles. The zero-order chi connectivity index (χ0) is 15.3. The van der Waals surface area contributed by atoms with Gasteiger partial charge in [0.1, 0.15) is 5.75 Å². The van der Waals surface area contributed by atoms with Crippen molar-refractivity contribution in [1.29, 1.82) is 0 Å². The summed E-state index contributed by atoms with van der Waals surface area (Å²) < 4.78 is 5.65. The smallest absolute Gasteiger partial charge is 0.119 e. The highest BCUT2D eigenvalue weighted by Crippen LogP contribution is 2.30. The summed E-state index contributed by atoms with van der Waals surface area (Å²) in [6, 6.07) is 17.9. The fraction of sp³-hybridized carbons (Fsp3) is 0.368. The Morgan fingerprint density at radius 3 is 2.14 bits per heavy atom. The third-order valence-electron chi connectivity index (χ3n) is 3.69. The van der Waals surface area contributed by atoms with Gasteiger partial charge in [-0.15, -0.1) is 0 Å². The molecule has 2 aromatic carbocycles. The highest BCUT2D eigenvalue weighted by atomic mass is 16.5. The van der Waals surface area contributed by atoms with Crippen LogP contribution < -0.4 is 4.74 Å². The zero-order valence-corrected chi connectivity index (χ0v) is 13.0. The van der Waals surface area contributed by atoms with Crippen LogP contribution in [0.4, 0.5) is 0 Å². The second kappa shape index (κ2) is 6.77. The van der Waals surface area contributed by atoms with Gasteiger partial charge in [0.2, 0.25) is 0 Å². The predicted molar refractivity (Wildman–Crippen MR) is 86.5 cm³/mol. The lowest BCUT2D eigenvalue weighted by atomic mass is 9.85. The topological polar surface area (TPSA) is 29.5 Å². The Kier molecular flexibility index (Phi) is 5.03. The molecule has 0 aromatic heterocycles. The van der Waals surface area contributed by atoms with E-state index in [9.17, 15) is 5.11 Å². The van der Waals surface area contributed by atoms with E-state index in [0.717, 1.165) is 16.9 Å². The van der Waals surface area contributed by atoms with E-state index in [1.165, 1.54) is 0 Å². The normalized spacial score (nSPS) is 14.0. The van der Waals surface area contributed by atoms with Gasteiger partial charge in [0.25, 0.3) is 0 Å². The van der Waals surface area contributed by atoms with E-state index in [1.807, 2.05) is 63.2 Å². The van der Waals surface area contributed by atoms with Gasteiger partial charge in [0.05, 0.1) is 11.7 Å². The van der Waals surface area contributed by atoms with E-state index in [-0.39, 0.29) is 6.10 Å². The summed E-state index contributed by atoms with van der Waals surface area (Å²) in [4.78, 5) is 0. The minimum Gasteiger partial charge on any atom is -0.491 e. The molecular weight excluding hydrogens is 260 g/mol. The molecule has 0 saturated heterocycles. The molecule has 2 aromatic rings. The van der Waals surface area contributed by atoms with E-state index in [0.29, 0.717) is 12.8 Å². The molecule has 0 aliphatic carbocycles. The number of rotatable bonds is 6. The molecule has 1 atom stereocenters. The standard InChI is InChI=1S/C19H24O2/c1-4-19(20,14-16-8-6-5-7-9-16)17-10-12-18(13-11-17)21-15(2)3/h5-13,15,20H,4,14H2,1-3H3. The van der Waals surface area contributed by atoms with Crippen molar-refractivity contribution < 1.29 is 9.84 Å². The molecule has 0 amide bonds. The van der Waals surface area contributed by atoms with Crippen molar-refractivity contribution in [2.24, 2.45) is 0 Å². The molecule has 0 bridgehead atoms. The van der Waals surface area contributed by atoms with Gasteiger partial charge in [-0.25, -0.2) is 0 Å². The van der Waals surface area contributed by atoms with Crippen LogP contribution in [0, 0.1) is 0 Å². The average Bonchev–Trinajstić information content (AvgIpc) is 2.48.